The Bertz CT molecular complexity index is 394. The predicted octanol–water partition coefficient (Wildman–Crippen LogP) is 1.11. The fourth-order valence-corrected chi connectivity index (χ4v) is 2.34. The molecule has 18 heavy (non-hydrogen) atoms. The van der Waals surface area contributed by atoms with Gasteiger partial charge < -0.3 is 10.0 Å². The minimum atomic E-state index is -0.274. The van der Waals surface area contributed by atoms with Gasteiger partial charge in [0.15, 0.2) is 0 Å². The van der Waals surface area contributed by atoms with Crippen molar-refractivity contribution in [3.63, 3.8) is 0 Å². The van der Waals surface area contributed by atoms with Crippen molar-refractivity contribution in [2.24, 2.45) is 0 Å². The maximum Gasteiger partial charge on any atom is 0.241 e. The van der Waals surface area contributed by atoms with Crippen LogP contribution in [0.15, 0.2) is 30.3 Å². The van der Waals surface area contributed by atoms with E-state index in [1.165, 1.54) is 0 Å². The van der Waals surface area contributed by atoms with E-state index in [1.54, 1.807) is 4.90 Å². The fraction of sp³-hybridized carbons (Fsp3) is 0.500. The molecule has 0 aliphatic carbocycles. The molecule has 2 rings (SSSR count). The van der Waals surface area contributed by atoms with Crippen LogP contribution in [0.1, 0.15) is 13.3 Å². The van der Waals surface area contributed by atoms with E-state index in [4.69, 9.17) is 0 Å². The Morgan fingerprint density at radius 1 is 1.44 bits per heavy atom. The SMILES string of the molecule is CCN(C(=O)CN1CC[C@@H](O)C1)c1ccccc1. The maximum atomic E-state index is 12.2. The molecule has 1 amide bonds. The van der Waals surface area contributed by atoms with Crippen molar-refractivity contribution in [3.05, 3.63) is 30.3 Å². The van der Waals surface area contributed by atoms with Crippen LogP contribution in [-0.4, -0.2) is 48.2 Å². The highest BCUT2D eigenvalue weighted by Crippen LogP contribution is 2.15. The van der Waals surface area contributed by atoms with Crippen molar-refractivity contribution in [2.45, 2.75) is 19.4 Å². The number of carbonyl (C=O) groups excluding carboxylic acids is 1. The van der Waals surface area contributed by atoms with Gasteiger partial charge in [-0.3, -0.25) is 9.69 Å². The smallest absolute Gasteiger partial charge is 0.241 e. The summed E-state index contributed by atoms with van der Waals surface area (Å²) in [7, 11) is 0. The number of para-hydroxylation sites is 1. The predicted molar refractivity (Wildman–Crippen MR) is 71.5 cm³/mol. The molecule has 1 aromatic carbocycles. The number of nitrogens with zero attached hydrogens (tertiary/aromatic N) is 2. The van der Waals surface area contributed by atoms with Gasteiger partial charge in [0, 0.05) is 25.3 Å². The Morgan fingerprint density at radius 3 is 2.72 bits per heavy atom. The van der Waals surface area contributed by atoms with Gasteiger partial charge in [-0.2, -0.15) is 0 Å². The zero-order valence-corrected chi connectivity index (χ0v) is 10.7. The molecule has 1 N–H and O–H groups in total. The maximum absolute atomic E-state index is 12.2. The van der Waals surface area contributed by atoms with E-state index in [-0.39, 0.29) is 12.0 Å². The summed E-state index contributed by atoms with van der Waals surface area (Å²) < 4.78 is 0. The number of anilines is 1. The normalized spacial score (nSPS) is 20.0. The van der Waals surface area contributed by atoms with Gasteiger partial charge in [0.05, 0.1) is 12.6 Å². The lowest BCUT2D eigenvalue weighted by Gasteiger charge is -2.24. The highest BCUT2D eigenvalue weighted by atomic mass is 16.3. The van der Waals surface area contributed by atoms with E-state index in [2.05, 4.69) is 0 Å². The summed E-state index contributed by atoms with van der Waals surface area (Å²) in [5.41, 5.74) is 0.935. The lowest BCUT2D eigenvalue weighted by Crippen LogP contribution is -2.39. The van der Waals surface area contributed by atoms with Gasteiger partial charge >= 0.3 is 0 Å². The third kappa shape index (κ3) is 3.09. The molecule has 1 aliphatic rings. The van der Waals surface area contributed by atoms with Crippen LogP contribution >= 0.6 is 0 Å². The molecule has 1 atom stereocenters. The summed E-state index contributed by atoms with van der Waals surface area (Å²) in [5.74, 6) is 0.0952. The Hall–Kier alpha value is -1.39. The largest absolute Gasteiger partial charge is 0.392 e. The standard InChI is InChI=1S/C14H20N2O2/c1-2-16(12-6-4-3-5-7-12)14(18)11-15-9-8-13(17)10-15/h3-7,13,17H,2,8-11H2,1H3/t13-/m1/s1. The Morgan fingerprint density at radius 2 is 2.17 bits per heavy atom. The summed E-state index contributed by atoms with van der Waals surface area (Å²) >= 11 is 0. The number of hydrogen-bond acceptors (Lipinski definition) is 3. The van der Waals surface area contributed by atoms with E-state index >= 15 is 0 Å². The summed E-state index contributed by atoms with van der Waals surface area (Å²) in [6.07, 6.45) is 0.495. The Balaban J connectivity index is 1.98. The van der Waals surface area contributed by atoms with Crippen LogP contribution in [0.2, 0.25) is 0 Å². The van der Waals surface area contributed by atoms with E-state index in [1.807, 2.05) is 42.2 Å². The van der Waals surface area contributed by atoms with Crippen molar-refractivity contribution in [2.75, 3.05) is 31.1 Å². The molecule has 1 heterocycles. The molecule has 1 fully saturated rings. The zero-order chi connectivity index (χ0) is 13.0. The van der Waals surface area contributed by atoms with E-state index in [9.17, 15) is 9.90 Å². The van der Waals surface area contributed by atoms with Crippen molar-refractivity contribution in [1.29, 1.82) is 0 Å². The molecule has 1 aliphatic heterocycles. The minimum absolute atomic E-state index is 0.0952. The van der Waals surface area contributed by atoms with Crippen LogP contribution in [-0.2, 0) is 4.79 Å². The molecule has 4 heteroatoms. The second-order valence-corrected chi connectivity index (χ2v) is 4.65. The third-order valence-corrected chi connectivity index (χ3v) is 3.29. The second kappa shape index (κ2) is 5.98. The molecule has 0 aromatic heterocycles. The fourth-order valence-electron chi connectivity index (χ4n) is 2.34. The molecule has 0 bridgehead atoms. The number of benzene rings is 1. The Labute approximate surface area is 108 Å². The van der Waals surface area contributed by atoms with Crippen molar-refractivity contribution in [3.8, 4) is 0 Å². The molecule has 1 aromatic rings. The van der Waals surface area contributed by atoms with Crippen LogP contribution < -0.4 is 4.90 Å². The molecule has 0 saturated carbocycles. The van der Waals surface area contributed by atoms with E-state index in [0.717, 1.165) is 18.7 Å². The average molecular weight is 248 g/mol. The number of aliphatic hydroxyl groups excluding tert-OH is 1. The number of aliphatic hydroxyl groups is 1. The number of β-amino-alcohol motifs (C(OH)–C–C–N with tert-alkyl or cyclic N) is 1. The third-order valence-electron chi connectivity index (χ3n) is 3.29. The van der Waals surface area contributed by atoms with Gasteiger partial charge in [-0.25, -0.2) is 0 Å². The van der Waals surface area contributed by atoms with Gasteiger partial charge in [-0.15, -0.1) is 0 Å². The van der Waals surface area contributed by atoms with Gasteiger partial charge in [-0.1, -0.05) is 18.2 Å². The highest BCUT2D eigenvalue weighted by molar-refractivity contribution is 5.94. The lowest BCUT2D eigenvalue weighted by molar-refractivity contribution is -0.119. The Kier molecular flexibility index (Phi) is 4.33. The quantitative estimate of drug-likeness (QED) is 0.868. The highest BCUT2D eigenvalue weighted by Gasteiger charge is 2.24. The molecule has 0 radical (unpaired) electrons. The molecule has 4 nitrogen and oxygen atoms in total. The summed E-state index contributed by atoms with van der Waals surface area (Å²) in [6.45, 7) is 4.44. The molecule has 0 unspecified atom stereocenters. The first-order chi connectivity index (χ1) is 8.70. The van der Waals surface area contributed by atoms with Crippen LogP contribution in [0.5, 0.6) is 0 Å². The minimum Gasteiger partial charge on any atom is -0.392 e. The molecule has 98 valence electrons. The van der Waals surface area contributed by atoms with Crippen LogP contribution in [0.4, 0.5) is 5.69 Å². The van der Waals surface area contributed by atoms with Crippen LogP contribution in [0.25, 0.3) is 0 Å². The van der Waals surface area contributed by atoms with Crippen molar-refractivity contribution >= 4 is 11.6 Å². The van der Waals surface area contributed by atoms with Gasteiger partial charge in [0.25, 0.3) is 0 Å². The van der Waals surface area contributed by atoms with E-state index < -0.39 is 0 Å². The van der Waals surface area contributed by atoms with Gasteiger partial charge in [0.2, 0.25) is 5.91 Å². The second-order valence-electron chi connectivity index (χ2n) is 4.65. The first-order valence-corrected chi connectivity index (χ1v) is 6.46. The van der Waals surface area contributed by atoms with Crippen LogP contribution in [0, 0.1) is 0 Å². The number of likely N-dealkylation sites (tertiary alicyclic amines) is 1. The number of rotatable bonds is 4. The summed E-state index contributed by atoms with van der Waals surface area (Å²) in [5, 5.41) is 9.46. The van der Waals surface area contributed by atoms with Crippen molar-refractivity contribution < 1.29 is 9.90 Å². The number of hydrogen-bond donors (Lipinski definition) is 1. The lowest BCUT2D eigenvalue weighted by atomic mass is 10.3. The summed E-state index contributed by atoms with van der Waals surface area (Å²) in [4.78, 5) is 16.0. The monoisotopic (exact) mass is 248 g/mol. The van der Waals surface area contributed by atoms with Gasteiger partial charge in [0.1, 0.15) is 0 Å². The summed E-state index contributed by atoms with van der Waals surface area (Å²) in [6, 6.07) is 9.70. The van der Waals surface area contributed by atoms with E-state index in [0.29, 0.717) is 19.6 Å². The van der Waals surface area contributed by atoms with Gasteiger partial charge in [-0.05, 0) is 25.5 Å². The van der Waals surface area contributed by atoms with Crippen molar-refractivity contribution in [1.82, 2.24) is 4.90 Å². The molecular formula is C14H20N2O2. The average Bonchev–Trinajstić information content (AvgIpc) is 2.77. The molecular weight excluding hydrogens is 228 g/mol. The van der Waals surface area contributed by atoms with Crippen LogP contribution in [0.3, 0.4) is 0 Å². The first-order valence-electron chi connectivity index (χ1n) is 6.46. The first kappa shape index (κ1) is 13.1. The molecule has 1 saturated heterocycles. The number of amides is 1. The molecule has 0 spiro atoms. The topological polar surface area (TPSA) is 43.8 Å². The number of likely N-dealkylation sites (N-methyl/N-ethyl adjacent to an activating group) is 1. The zero-order valence-electron chi connectivity index (χ0n) is 10.7. The number of carbonyl (C=O) groups is 1.